The van der Waals surface area contributed by atoms with E-state index >= 15 is 0 Å². The fourth-order valence-corrected chi connectivity index (χ4v) is 2.44. The number of nitrogen functional groups attached to an aromatic ring is 1. The zero-order valence-corrected chi connectivity index (χ0v) is 10.5. The Bertz CT molecular complexity index is 513. The van der Waals surface area contributed by atoms with Crippen molar-refractivity contribution >= 4 is 17.6 Å². The number of amides is 3. The highest BCUT2D eigenvalue weighted by Crippen LogP contribution is 2.31. The molecule has 5 nitrogen and oxygen atoms in total. The standard InChI is InChI=1S/C13H17N3O2/c1-8(17)15-12(18)16-13(2)6-9-3-4-11(14)5-10(9)7-13/h3-5H,6-7,14H2,1-2H3,(H2,15,16,17,18). The van der Waals surface area contributed by atoms with Crippen LogP contribution < -0.4 is 16.4 Å². The van der Waals surface area contributed by atoms with E-state index in [-0.39, 0.29) is 11.4 Å². The molecule has 1 unspecified atom stereocenters. The van der Waals surface area contributed by atoms with Crippen molar-refractivity contribution in [3.63, 3.8) is 0 Å². The highest BCUT2D eigenvalue weighted by Gasteiger charge is 2.34. The summed E-state index contributed by atoms with van der Waals surface area (Å²) in [5.74, 6) is -0.365. The van der Waals surface area contributed by atoms with Crippen LogP contribution in [0.1, 0.15) is 25.0 Å². The summed E-state index contributed by atoms with van der Waals surface area (Å²) < 4.78 is 0. The van der Waals surface area contributed by atoms with Crippen molar-refractivity contribution in [1.29, 1.82) is 0 Å². The minimum absolute atomic E-state index is 0.365. The molecule has 1 aromatic rings. The van der Waals surface area contributed by atoms with Crippen LogP contribution in [-0.4, -0.2) is 17.5 Å². The van der Waals surface area contributed by atoms with Gasteiger partial charge in [0.2, 0.25) is 5.91 Å². The number of rotatable bonds is 1. The second-order valence-electron chi connectivity index (χ2n) is 5.08. The number of carbonyl (C=O) groups is 2. The van der Waals surface area contributed by atoms with E-state index in [0.29, 0.717) is 0 Å². The number of hydrogen-bond donors (Lipinski definition) is 3. The molecule has 0 aliphatic heterocycles. The highest BCUT2D eigenvalue weighted by atomic mass is 16.2. The number of benzene rings is 1. The largest absolute Gasteiger partial charge is 0.399 e. The third-order valence-corrected chi connectivity index (χ3v) is 3.10. The van der Waals surface area contributed by atoms with E-state index in [1.54, 1.807) is 0 Å². The van der Waals surface area contributed by atoms with E-state index in [9.17, 15) is 9.59 Å². The number of hydrogen-bond acceptors (Lipinski definition) is 3. The summed E-state index contributed by atoms with van der Waals surface area (Å²) in [6.45, 7) is 3.27. The van der Waals surface area contributed by atoms with Gasteiger partial charge in [0.05, 0.1) is 0 Å². The fraction of sp³-hybridized carbons (Fsp3) is 0.385. The maximum Gasteiger partial charge on any atom is 0.321 e. The van der Waals surface area contributed by atoms with E-state index in [4.69, 9.17) is 5.73 Å². The molecule has 4 N–H and O–H groups in total. The number of anilines is 1. The molecule has 0 spiro atoms. The molecule has 0 heterocycles. The van der Waals surface area contributed by atoms with Gasteiger partial charge in [0.25, 0.3) is 0 Å². The monoisotopic (exact) mass is 247 g/mol. The molecule has 0 saturated heterocycles. The van der Waals surface area contributed by atoms with Gasteiger partial charge in [-0.1, -0.05) is 6.07 Å². The molecule has 18 heavy (non-hydrogen) atoms. The molecule has 5 heteroatoms. The lowest BCUT2D eigenvalue weighted by Gasteiger charge is -2.25. The molecular formula is C13H17N3O2. The van der Waals surface area contributed by atoms with Crippen molar-refractivity contribution in [1.82, 2.24) is 10.6 Å². The Hall–Kier alpha value is -2.04. The van der Waals surface area contributed by atoms with E-state index in [2.05, 4.69) is 10.6 Å². The molecule has 1 aromatic carbocycles. The van der Waals surface area contributed by atoms with Gasteiger partial charge >= 0.3 is 6.03 Å². The Balaban J connectivity index is 2.08. The number of nitrogens with one attached hydrogen (secondary N) is 2. The van der Waals surface area contributed by atoms with Crippen molar-refractivity contribution in [2.24, 2.45) is 0 Å². The van der Waals surface area contributed by atoms with Gasteiger partial charge in [-0.3, -0.25) is 10.1 Å². The van der Waals surface area contributed by atoms with Gasteiger partial charge in [-0.15, -0.1) is 0 Å². The van der Waals surface area contributed by atoms with Crippen LogP contribution in [0.2, 0.25) is 0 Å². The molecule has 2 rings (SSSR count). The average molecular weight is 247 g/mol. The second kappa shape index (κ2) is 4.33. The van der Waals surface area contributed by atoms with Gasteiger partial charge in [-0.25, -0.2) is 4.79 Å². The molecule has 0 saturated carbocycles. The first kappa shape index (κ1) is 12.4. The molecule has 96 valence electrons. The van der Waals surface area contributed by atoms with Crippen LogP contribution in [-0.2, 0) is 17.6 Å². The smallest absolute Gasteiger partial charge is 0.321 e. The van der Waals surface area contributed by atoms with Gasteiger partial charge in [0.15, 0.2) is 0 Å². The van der Waals surface area contributed by atoms with Crippen LogP contribution in [0.5, 0.6) is 0 Å². The lowest BCUT2D eigenvalue weighted by atomic mass is 9.99. The van der Waals surface area contributed by atoms with Crippen LogP contribution in [0.25, 0.3) is 0 Å². The molecule has 1 aliphatic rings. The van der Waals surface area contributed by atoms with Crippen molar-refractivity contribution < 1.29 is 9.59 Å². The first-order valence-electron chi connectivity index (χ1n) is 5.85. The third-order valence-electron chi connectivity index (χ3n) is 3.10. The predicted molar refractivity (Wildman–Crippen MR) is 69.0 cm³/mol. The van der Waals surface area contributed by atoms with E-state index in [1.165, 1.54) is 12.5 Å². The van der Waals surface area contributed by atoms with Crippen molar-refractivity contribution in [3.8, 4) is 0 Å². The number of carbonyl (C=O) groups excluding carboxylic acids is 2. The van der Waals surface area contributed by atoms with Gasteiger partial charge in [-0.05, 0) is 43.0 Å². The molecular weight excluding hydrogens is 230 g/mol. The number of imide groups is 1. The van der Waals surface area contributed by atoms with Crippen LogP contribution in [0.4, 0.5) is 10.5 Å². The summed E-state index contributed by atoms with van der Waals surface area (Å²) in [6.07, 6.45) is 1.46. The maximum absolute atomic E-state index is 11.6. The maximum atomic E-state index is 11.6. The molecule has 1 atom stereocenters. The van der Waals surface area contributed by atoms with E-state index in [1.807, 2.05) is 25.1 Å². The normalized spacial score (nSPS) is 21.2. The van der Waals surface area contributed by atoms with Crippen LogP contribution in [0.3, 0.4) is 0 Å². The predicted octanol–water partition coefficient (Wildman–Crippen LogP) is 0.972. The van der Waals surface area contributed by atoms with Gasteiger partial charge in [0, 0.05) is 18.2 Å². The lowest BCUT2D eigenvalue weighted by molar-refractivity contribution is -0.117. The Labute approximate surface area is 106 Å². The Morgan fingerprint density at radius 2 is 1.94 bits per heavy atom. The van der Waals surface area contributed by atoms with Gasteiger partial charge < -0.3 is 11.1 Å². The molecule has 3 amide bonds. The molecule has 1 aliphatic carbocycles. The van der Waals surface area contributed by atoms with Crippen LogP contribution in [0, 0.1) is 0 Å². The summed E-state index contributed by atoms with van der Waals surface area (Å²) in [4.78, 5) is 22.4. The van der Waals surface area contributed by atoms with Crippen molar-refractivity contribution in [3.05, 3.63) is 29.3 Å². The van der Waals surface area contributed by atoms with Crippen LogP contribution in [0.15, 0.2) is 18.2 Å². The molecule has 0 fully saturated rings. The molecule has 0 radical (unpaired) electrons. The summed E-state index contributed by atoms with van der Waals surface area (Å²) in [6, 6.07) is 5.33. The average Bonchev–Trinajstić information content (AvgIpc) is 2.51. The van der Waals surface area contributed by atoms with Gasteiger partial charge in [0.1, 0.15) is 0 Å². The van der Waals surface area contributed by atoms with E-state index in [0.717, 1.165) is 24.1 Å². The Morgan fingerprint density at radius 1 is 1.28 bits per heavy atom. The minimum atomic E-state index is -0.453. The Morgan fingerprint density at radius 3 is 2.61 bits per heavy atom. The van der Waals surface area contributed by atoms with Crippen molar-refractivity contribution in [2.75, 3.05) is 5.73 Å². The first-order chi connectivity index (χ1) is 8.38. The summed E-state index contributed by atoms with van der Waals surface area (Å²) in [7, 11) is 0. The quantitative estimate of drug-likeness (QED) is 0.646. The minimum Gasteiger partial charge on any atom is -0.399 e. The summed E-state index contributed by atoms with van der Waals surface area (Å²) >= 11 is 0. The van der Waals surface area contributed by atoms with Crippen LogP contribution >= 0.6 is 0 Å². The fourth-order valence-electron chi connectivity index (χ4n) is 2.44. The number of fused-ring (bicyclic) bond motifs is 1. The number of urea groups is 1. The third kappa shape index (κ3) is 2.61. The Kier molecular flexibility index (Phi) is 2.98. The zero-order valence-electron chi connectivity index (χ0n) is 10.5. The lowest BCUT2D eigenvalue weighted by Crippen LogP contribution is -2.51. The van der Waals surface area contributed by atoms with Crippen molar-refractivity contribution in [2.45, 2.75) is 32.2 Å². The topological polar surface area (TPSA) is 84.2 Å². The molecule has 0 bridgehead atoms. The van der Waals surface area contributed by atoms with Gasteiger partial charge in [-0.2, -0.15) is 0 Å². The summed E-state index contributed by atoms with van der Waals surface area (Å²) in [5.41, 5.74) is 8.45. The van der Waals surface area contributed by atoms with E-state index < -0.39 is 6.03 Å². The SMILES string of the molecule is CC(=O)NC(=O)NC1(C)Cc2ccc(N)cc2C1. The highest BCUT2D eigenvalue weighted by molar-refractivity contribution is 5.93. The zero-order chi connectivity index (χ0) is 13.3. The number of nitrogens with two attached hydrogens (primary N) is 1. The summed E-state index contributed by atoms with van der Waals surface area (Å²) in [5, 5.41) is 5.06. The second-order valence-corrected chi connectivity index (χ2v) is 5.08. The molecule has 0 aromatic heterocycles. The first-order valence-corrected chi connectivity index (χ1v) is 5.85.